The first-order valence-electron chi connectivity index (χ1n) is 11.4. The van der Waals surface area contributed by atoms with Crippen LogP contribution in [0.25, 0.3) is 0 Å². The minimum atomic E-state index is 0.533. The third kappa shape index (κ3) is 5.08. The van der Waals surface area contributed by atoms with E-state index in [2.05, 4.69) is 58.5 Å². The highest BCUT2D eigenvalue weighted by molar-refractivity contribution is 6.02. The lowest BCUT2D eigenvalue weighted by Gasteiger charge is -2.10. The van der Waals surface area contributed by atoms with Gasteiger partial charge in [0.15, 0.2) is 0 Å². The molecule has 0 spiro atoms. The van der Waals surface area contributed by atoms with Crippen LogP contribution in [0.1, 0.15) is 47.9 Å². The van der Waals surface area contributed by atoms with Gasteiger partial charge in [-0.3, -0.25) is 9.98 Å². The van der Waals surface area contributed by atoms with Crippen molar-refractivity contribution in [3.8, 4) is 11.5 Å². The highest BCUT2D eigenvalue weighted by Crippen LogP contribution is 2.20. The monoisotopic (exact) mass is 424 g/mol. The van der Waals surface area contributed by atoms with Gasteiger partial charge in [-0.05, 0) is 103 Å². The average molecular weight is 425 g/mol. The molecule has 0 aromatic heterocycles. The van der Waals surface area contributed by atoms with Crippen molar-refractivity contribution in [2.45, 2.75) is 38.9 Å². The topological polar surface area (TPSA) is 43.2 Å². The van der Waals surface area contributed by atoms with E-state index in [1.807, 2.05) is 24.3 Å². The van der Waals surface area contributed by atoms with Gasteiger partial charge in [0.1, 0.15) is 24.7 Å². The number of hydrogen-bond donors (Lipinski definition) is 0. The Hall–Kier alpha value is -3.40. The molecule has 2 aliphatic rings. The summed E-state index contributed by atoms with van der Waals surface area (Å²) in [7, 11) is 0. The van der Waals surface area contributed by atoms with Crippen LogP contribution in [0.3, 0.4) is 0 Å². The molecule has 2 aliphatic heterocycles. The Balaban J connectivity index is 1.14. The van der Waals surface area contributed by atoms with Crippen LogP contribution in [0.5, 0.6) is 11.5 Å². The van der Waals surface area contributed by atoms with Gasteiger partial charge >= 0.3 is 0 Å². The zero-order valence-electron chi connectivity index (χ0n) is 18.3. The predicted octanol–water partition coefficient (Wildman–Crippen LogP) is 6.01. The number of hydrogen-bond acceptors (Lipinski definition) is 4. The maximum atomic E-state index is 6.00. The molecule has 162 valence electrons. The first-order chi connectivity index (χ1) is 15.8. The maximum Gasteiger partial charge on any atom is 0.119 e. The van der Waals surface area contributed by atoms with Gasteiger partial charge in [-0.2, -0.15) is 0 Å². The van der Waals surface area contributed by atoms with Crippen LogP contribution in [0.4, 0.5) is 0 Å². The van der Waals surface area contributed by atoms with Crippen molar-refractivity contribution < 1.29 is 9.47 Å². The lowest BCUT2D eigenvalue weighted by Crippen LogP contribution is -2.00. The van der Waals surface area contributed by atoms with Gasteiger partial charge < -0.3 is 9.47 Å². The fourth-order valence-corrected chi connectivity index (χ4v) is 4.18. The summed E-state index contributed by atoms with van der Waals surface area (Å²) >= 11 is 0. The molecule has 0 amide bonds. The van der Waals surface area contributed by atoms with Gasteiger partial charge in [0.25, 0.3) is 0 Å². The molecule has 0 fully saturated rings. The second-order valence-electron chi connectivity index (χ2n) is 8.31. The third-order valence-corrected chi connectivity index (χ3v) is 5.93. The van der Waals surface area contributed by atoms with Crippen LogP contribution in [0.2, 0.25) is 0 Å². The summed E-state index contributed by atoms with van der Waals surface area (Å²) in [6, 6.07) is 24.9. The Morgan fingerprint density at radius 1 is 0.594 bits per heavy atom. The lowest BCUT2D eigenvalue weighted by atomic mass is 10.1. The summed E-state index contributed by atoms with van der Waals surface area (Å²) in [6.07, 6.45) is 4.48. The van der Waals surface area contributed by atoms with Gasteiger partial charge in [0, 0.05) is 24.5 Å². The molecule has 3 aromatic carbocycles. The van der Waals surface area contributed by atoms with E-state index in [1.165, 1.54) is 22.6 Å². The first kappa shape index (κ1) is 20.5. The van der Waals surface area contributed by atoms with E-state index in [0.29, 0.717) is 13.2 Å². The van der Waals surface area contributed by atoms with E-state index in [0.717, 1.165) is 61.4 Å². The smallest absolute Gasteiger partial charge is 0.119 e. The van der Waals surface area contributed by atoms with Crippen molar-refractivity contribution in [1.82, 2.24) is 0 Å². The number of aliphatic imine (C=N–C) groups is 2. The van der Waals surface area contributed by atoms with Gasteiger partial charge in [0.05, 0.1) is 0 Å². The minimum Gasteiger partial charge on any atom is -0.489 e. The summed E-state index contributed by atoms with van der Waals surface area (Å²) in [4.78, 5) is 9.12. The molecule has 32 heavy (non-hydrogen) atoms. The Morgan fingerprint density at radius 2 is 1.06 bits per heavy atom. The molecule has 4 heteroatoms. The molecule has 0 unspecified atom stereocenters. The number of ether oxygens (including phenoxy) is 2. The van der Waals surface area contributed by atoms with Crippen LogP contribution in [0.15, 0.2) is 82.8 Å². The van der Waals surface area contributed by atoms with E-state index in [-0.39, 0.29) is 0 Å². The molecular weight excluding hydrogens is 396 g/mol. The SMILES string of the molecule is c1cc(COc2ccc(C3=NCCC3)cc2)cc(COc2ccc(C3=NCCC3)cc2)c1. The Morgan fingerprint density at radius 3 is 1.47 bits per heavy atom. The standard InChI is InChI=1S/C28H28N2O2/c1-4-21(19-31-25-12-8-23(9-13-25)27-6-2-16-29-27)18-22(5-1)20-32-26-14-10-24(11-15-26)28-7-3-17-30-28/h1,4-5,8-15,18H,2-3,6-7,16-17,19-20H2. The molecule has 0 radical (unpaired) electrons. The molecule has 2 heterocycles. The molecule has 0 atom stereocenters. The molecular formula is C28H28N2O2. The summed E-state index contributed by atoms with van der Waals surface area (Å²) in [5, 5.41) is 0. The fraction of sp³-hybridized carbons (Fsp3) is 0.286. The zero-order valence-corrected chi connectivity index (χ0v) is 18.3. The molecule has 0 N–H and O–H groups in total. The summed E-state index contributed by atoms with van der Waals surface area (Å²) in [5.74, 6) is 1.75. The molecule has 3 aromatic rings. The van der Waals surface area contributed by atoms with E-state index in [1.54, 1.807) is 0 Å². The fourth-order valence-electron chi connectivity index (χ4n) is 4.18. The Labute approximate surface area is 189 Å². The highest BCUT2D eigenvalue weighted by Gasteiger charge is 2.10. The molecule has 0 aliphatic carbocycles. The number of nitrogens with zero attached hydrogens (tertiary/aromatic N) is 2. The van der Waals surface area contributed by atoms with E-state index >= 15 is 0 Å². The largest absolute Gasteiger partial charge is 0.489 e. The Kier molecular flexibility index (Phi) is 6.29. The lowest BCUT2D eigenvalue weighted by molar-refractivity contribution is 0.300. The number of rotatable bonds is 8. The third-order valence-electron chi connectivity index (χ3n) is 5.93. The van der Waals surface area contributed by atoms with E-state index in [4.69, 9.17) is 9.47 Å². The van der Waals surface area contributed by atoms with Gasteiger partial charge in [-0.25, -0.2) is 0 Å². The maximum absolute atomic E-state index is 6.00. The number of benzene rings is 3. The van der Waals surface area contributed by atoms with Crippen molar-refractivity contribution in [2.24, 2.45) is 9.98 Å². The van der Waals surface area contributed by atoms with Crippen LogP contribution in [-0.4, -0.2) is 24.5 Å². The minimum absolute atomic E-state index is 0.533. The van der Waals surface area contributed by atoms with Crippen molar-refractivity contribution in [3.63, 3.8) is 0 Å². The molecule has 5 rings (SSSR count). The van der Waals surface area contributed by atoms with Gasteiger partial charge in [-0.15, -0.1) is 0 Å². The normalized spacial score (nSPS) is 15.4. The second-order valence-corrected chi connectivity index (χ2v) is 8.31. The average Bonchev–Trinajstić information content (AvgIpc) is 3.57. The van der Waals surface area contributed by atoms with Crippen molar-refractivity contribution in [3.05, 3.63) is 95.1 Å². The second kappa shape index (κ2) is 9.82. The molecule has 4 nitrogen and oxygen atoms in total. The van der Waals surface area contributed by atoms with E-state index in [9.17, 15) is 0 Å². The summed E-state index contributed by atoms with van der Waals surface area (Å²) < 4.78 is 12.0. The van der Waals surface area contributed by atoms with Gasteiger partial charge in [-0.1, -0.05) is 18.2 Å². The molecule has 0 bridgehead atoms. The van der Waals surface area contributed by atoms with Crippen LogP contribution < -0.4 is 9.47 Å². The Bertz CT molecular complexity index is 1030. The summed E-state index contributed by atoms with van der Waals surface area (Å²) in [6.45, 7) is 2.97. The van der Waals surface area contributed by atoms with Crippen molar-refractivity contribution in [1.29, 1.82) is 0 Å². The summed E-state index contributed by atoms with van der Waals surface area (Å²) in [5.41, 5.74) is 7.10. The molecule has 0 saturated heterocycles. The van der Waals surface area contributed by atoms with Crippen LogP contribution >= 0.6 is 0 Å². The highest BCUT2D eigenvalue weighted by atomic mass is 16.5. The van der Waals surface area contributed by atoms with Crippen molar-refractivity contribution >= 4 is 11.4 Å². The predicted molar refractivity (Wildman–Crippen MR) is 129 cm³/mol. The molecule has 0 saturated carbocycles. The zero-order chi connectivity index (χ0) is 21.6. The van der Waals surface area contributed by atoms with Crippen molar-refractivity contribution in [2.75, 3.05) is 13.1 Å². The van der Waals surface area contributed by atoms with Crippen LogP contribution in [0, 0.1) is 0 Å². The first-order valence-corrected chi connectivity index (χ1v) is 11.4. The van der Waals surface area contributed by atoms with E-state index < -0.39 is 0 Å². The quantitative estimate of drug-likeness (QED) is 0.444. The van der Waals surface area contributed by atoms with Gasteiger partial charge in [0.2, 0.25) is 0 Å². The van der Waals surface area contributed by atoms with Crippen LogP contribution in [-0.2, 0) is 13.2 Å².